The van der Waals surface area contributed by atoms with Gasteiger partial charge < -0.3 is 10.1 Å². The van der Waals surface area contributed by atoms with Crippen molar-refractivity contribution < 1.29 is 9.66 Å². The molecule has 0 saturated carbocycles. The molecule has 1 aromatic rings. The van der Waals surface area contributed by atoms with Gasteiger partial charge in [0, 0.05) is 24.9 Å². The number of benzene rings is 1. The number of nitro groups is 1. The van der Waals surface area contributed by atoms with E-state index >= 15 is 0 Å². The third-order valence-electron chi connectivity index (χ3n) is 3.42. The first-order chi connectivity index (χ1) is 9.60. The van der Waals surface area contributed by atoms with Crippen molar-refractivity contribution in [2.45, 2.75) is 39.5 Å². The molecule has 1 atom stereocenters. The lowest BCUT2D eigenvalue weighted by Crippen LogP contribution is -2.11. The van der Waals surface area contributed by atoms with Crippen molar-refractivity contribution in [3.05, 3.63) is 28.3 Å². The number of nitrogens with one attached hydrogen (secondary N) is 1. The highest BCUT2D eigenvalue weighted by atomic mass is 16.6. The summed E-state index contributed by atoms with van der Waals surface area (Å²) in [6.07, 6.45) is 4.57. The molecule has 0 bridgehead atoms. The van der Waals surface area contributed by atoms with E-state index in [1.165, 1.54) is 25.0 Å². The topological polar surface area (TPSA) is 64.4 Å². The summed E-state index contributed by atoms with van der Waals surface area (Å²) in [5.74, 6) is 1.06. The number of hydrogen-bond donors (Lipinski definition) is 1. The predicted octanol–water partition coefficient (Wildman–Crippen LogP) is 4.23. The average Bonchev–Trinajstić information content (AvgIpc) is 2.47. The van der Waals surface area contributed by atoms with E-state index in [0.29, 0.717) is 24.0 Å². The van der Waals surface area contributed by atoms with Gasteiger partial charge in [-0.3, -0.25) is 10.1 Å². The van der Waals surface area contributed by atoms with E-state index in [1.54, 1.807) is 13.1 Å². The van der Waals surface area contributed by atoms with E-state index in [2.05, 4.69) is 19.2 Å². The maximum absolute atomic E-state index is 10.9. The minimum Gasteiger partial charge on any atom is -0.493 e. The third-order valence-corrected chi connectivity index (χ3v) is 3.42. The molecule has 1 unspecified atom stereocenters. The van der Waals surface area contributed by atoms with Gasteiger partial charge in [0.25, 0.3) is 5.69 Å². The second-order valence-electron chi connectivity index (χ2n) is 4.95. The van der Waals surface area contributed by atoms with E-state index in [9.17, 15) is 10.1 Å². The van der Waals surface area contributed by atoms with Gasteiger partial charge in [0.05, 0.1) is 17.6 Å². The van der Waals surface area contributed by atoms with Crippen molar-refractivity contribution in [2.75, 3.05) is 19.0 Å². The average molecular weight is 280 g/mol. The van der Waals surface area contributed by atoms with Gasteiger partial charge in [-0.25, -0.2) is 0 Å². The fourth-order valence-electron chi connectivity index (χ4n) is 2.03. The molecule has 1 N–H and O–H groups in total. The first kappa shape index (κ1) is 16.3. The van der Waals surface area contributed by atoms with Crippen molar-refractivity contribution in [2.24, 2.45) is 5.92 Å². The number of hydrogen-bond acceptors (Lipinski definition) is 4. The van der Waals surface area contributed by atoms with E-state index in [0.717, 1.165) is 12.8 Å². The summed E-state index contributed by atoms with van der Waals surface area (Å²) < 4.78 is 5.74. The van der Waals surface area contributed by atoms with Gasteiger partial charge in [0.1, 0.15) is 5.75 Å². The Hall–Kier alpha value is -1.78. The van der Waals surface area contributed by atoms with Gasteiger partial charge >= 0.3 is 0 Å². The van der Waals surface area contributed by atoms with Gasteiger partial charge in [-0.2, -0.15) is 0 Å². The SMILES string of the molecule is CCCCC(CC)COc1cc(NC)cc([N+](=O)[O-])c1. The maximum Gasteiger partial charge on any atom is 0.275 e. The van der Waals surface area contributed by atoms with Crippen LogP contribution in [0.1, 0.15) is 39.5 Å². The number of anilines is 1. The predicted molar refractivity (Wildman–Crippen MR) is 81.4 cm³/mol. The minimum atomic E-state index is -0.401. The Morgan fingerprint density at radius 1 is 1.35 bits per heavy atom. The summed E-state index contributed by atoms with van der Waals surface area (Å²) in [6, 6.07) is 4.77. The number of non-ortho nitro benzene ring substituents is 1. The molecule has 0 amide bonds. The van der Waals surface area contributed by atoms with Crippen LogP contribution >= 0.6 is 0 Å². The Morgan fingerprint density at radius 2 is 2.10 bits per heavy atom. The summed E-state index contributed by atoms with van der Waals surface area (Å²) in [5.41, 5.74) is 0.740. The molecule has 0 radical (unpaired) electrons. The monoisotopic (exact) mass is 280 g/mol. The lowest BCUT2D eigenvalue weighted by Gasteiger charge is -2.16. The number of ether oxygens (including phenoxy) is 1. The second-order valence-corrected chi connectivity index (χ2v) is 4.95. The zero-order valence-corrected chi connectivity index (χ0v) is 12.5. The summed E-state index contributed by atoms with van der Waals surface area (Å²) in [4.78, 5) is 10.5. The molecule has 5 heteroatoms. The van der Waals surface area contributed by atoms with Crippen LogP contribution in [0.3, 0.4) is 0 Å². The van der Waals surface area contributed by atoms with E-state index in [1.807, 2.05) is 0 Å². The molecular formula is C15H24N2O3. The van der Waals surface area contributed by atoms with Crippen molar-refractivity contribution >= 4 is 11.4 Å². The number of unbranched alkanes of at least 4 members (excludes halogenated alkanes) is 1. The molecule has 0 spiro atoms. The van der Waals surface area contributed by atoms with Gasteiger partial charge in [-0.15, -0.1) is 0 Å². The Bertz CT molecular complexity index is 435. The molecule has 0 heterocycles. The van der Waals surface area contributed by atoms with Crippen LogP contribution in [0, 0.1) is 16.0 Å². The largest absolute Gasteiger partial charge is 0.493 e. The molecule has 1 aromatic carbocycles. The highest BCUT2D eigenvalue weighted by Gasteiger charge is 2.12. The van der Waals surface area contributed by atoms with Crippen LogP contribution in [-0.2, 0) is 0 Å². The molecule has 0 aliphatic rings. The lowest BCUT2D eigenvalue weighted by atomic mass is 10.0. The molecule has 0 aliphatic carbocycles. The fraction of sp³-hybridized carbons (Fsp3) is 0.600. The standard InChI is InChI=1S/C15H24N2O3/c1-4-6-7-12(5-2)11-20-15-9-13(16-3)8-14(10-15)17(18)19/h8-10,12,16H,4-7,11H2,1-3H3. The lowest BCUT2D eigenvalue weighted by molar-refractivity contribution is -0.384. The van der Waals surface area contributed by atoms with Crippen LogP contribution in [0.4, 0.5) is 11.4 Å². The molecule has 1 rings (SSSR count). The zero-order chi connectivity index (χ0) is 15.0. The fourth-order valence-corrected chi connectivity index (χ4v) is 2.03. The van der Waals surface area contributed by atoms with Gasteiger partial charge in [-0.05, 0) is 12.3 Å². The van der Waals surface area contributed by atoms with Crippen LogP contribution in [0.25, 0.3) is 0 Å². The second kappa shape index (κ2) is 8.40. The van der Waals surface area contributed by atoms with Crippen LogP contribution in [0.15, 0.2) is 18.2 Å². The van der Waals surface area contributed by atoms with Crippen LogP contribution < -0.4 is 10.1 Å². The van der Waals surface area contributed by atoms with Crippen molar-refractivity contribution in [1.82, 2.24) is 0 Å². The van der Waals surface area contributed by atoms with Gasteiger partial charge in [-0.1, -0.05) is 33.1 Å². The van der Waals surface area contributed by atoms with Crippen LogP contribution in [0.2, 0.25) is 0 Å². The molecule has 0 fully saturated rings. The van der Waals surface area contributed by atoms with Crippen molar-refractivity contribution in [1.29, 1.82) is 0 Å². The van der Waals surface area contributed by atoms with Gasteiger partial charge in [0.15, 0.2) is 0 Å². The number of nitro benzene ring substituents is 1. The highest BCUT2D eigenvalue weighted by molar-refractivity contribution is 5.56. The Balaban J connectivity index is 2.70. The molecule has 20 heavy (non-hydrogen) atoms. The Labute approximate surface area is 120 Å². The summed E-state index contributed by atoms with van der Waals surface area (Å²) in [7, 11) is 1.74. The smallest absolute Gasteiger partial charge is 0.275 e. The zero-order valence-electron chi connectivity index (χ0n) is 12.5. The first-order valence-electron chi connectivity index (χ1n) is 7.20. The van der Waals surface area contributed by atoms with Crippen LogP contribution in [-0.4, -0.2) is 18.6 Å². The minimum absolute atomic E-state index is 0.0495. The van der Waals surface area contributed by atoms with E-state index in [4.69, 9.17) is 4.74 Å². The van der Waals surface area contributed by atoms with Crippen molar-refractivity contribution in [3.8, 4) is 5.75 Å². The molecule has 5 nitrogen and oxygen atoms in total. The molecule has 0 aromatic heterocycles. The number of nitrogens with zero attached hydrogens (tertiary/aromatic N) is 1. The summed E-state index contributed by atoms with van der Waals surface area (Å²) >= 11 is 0. The highest BCUT2D eigenvalue weighted by Crippen LogP contribution is 2.26. The van der Waals surface area contributed by atoms with E-state index < -0.39 is 4.92 Å². The summed E-state index contributed by atoms with van der Waals surface area (Å²) in [5, 5.41) is 13.8. The van der Waals surface area contributed by atoms with Gasteiger partial charge in [0.2, 0.25) is 0 Å². The molecule has 0 aliphatic heterocycles. The molecular weight excluding hydrogens is 256 g/mol. The first-order valence-corrected chi connectivity index (χ1v) is 7.20. The Kier molecular flexibility index (Phi) is 6.84. The van der Waals surface area contributed by atoms with E-state index in [-0.39, 0.29) is 5.69 Å². The van der Waals surface area contributed by atoms with Crippen molar-refractivity contribution in [3.63, 3.8) is 0 Å². The normalized spacial score (nSPS) is 11.9. The quantitative estimate of drug-likeness (QED) is 0.543. The molecule has 0 saturated heterocycles. The third kappa shape index (κ3) is 5.07. The molecule has 112 valence electrons. The maximum atomic E-state index is 10.9. The Morgan fingerprint density at radius 3 is 2.65 bits per heavy atom. The summed E-state index contributed by atoms with van der Waals surface area (Å²) in [6.45, 7) is 4.93. The number of rotatable bonds is 9. The van der Waals surface area contributed by atoms with Crippen LogP contribution in [0.5, 0.6) is 5.75 Å².